The second-order valence-corrected chi connectivity index (χ2v) is 2.96. The first-order valence-electron chi connectivity index (χ1n) is 5.09. The largest absolute Gasteiger partial charge is 0.381 e. The van der Waals surface area contributed by atoms with E-state index in [1.807, 2.05) is 0 Å². The molecule has 0 atom stereocenters. The topological polar surface area (TPSA) is 76.4 Å². The van der Waals surface area contributed by atoms with Gasteiger partial charge in [-0.3, -0.25) is 0 Å². The molecule has 5 nitrogen and oxygen atoms in total. The molecule has 84 valence electrons. The first kappa shape index (κ1) is 13.2. The maximum Gasteiger partial charge on any atom is 0.312 e. The molecular formula is C9H21N3O2. The van der Waals surface area contributed by atoms with Gasteiger partial charge in [-0.2, -0.15) is 0 Å². The van der Waals surface area contributed by atoms with Crippen LogP contribution >= 0.6 is 0 Å². The molecule has 0 rings (SSSR count). The van der Waals surface area contributed by atoms with Crippen molar-refractivity contribution in [2.45, 2.75) is 19.8 Å². The molecule has 0 heterocycles. The number of urea groups is 1. The second-order valence-electron chi connectivity index (χ2n) is 2.96. The Balaban J connectivity index is 2.88. The molecule has 5 heteroatoms. The summed E-state index contributed by atoms with van der Waals surface area (Å²) >= 11 is 0. The third-order valence-corrected chi connectivity index (χ3v) is 1.66. The predicted molar refractivity (Wildman–Crippen MR) is 56.2 cm³/mol. The molecule has 0 saturated carbocycles. The summed E-state index contributed by atoms with van der Waals surface area (Å²) in [5.74, 6) is 0. The van der Waals surface area contributed by atoms with Gasteiger partial charge in [0.2, 0.25) is 0 Å². The van der Waals surface area contributed by atoms with E-state index in [9.17, 15) is 4.79 Å². The van der Waals surface area contributed by atoms with Gasteiger partial charge in [0, 0.05) is 19.8 Å². The summed E-state index contributed by atoms with van der Waals surface area (Å²) in [5, 5.41) is 5.71. The molecule has 4 N–H and O–H groups in total. The van der Waals surface area contributed by atoms with Crippen LogP contribution in [-0.2, 0) is 4.74 Å². The molecule has 0 aliphatic carbocycles. The van der Waals surface area contributed by atoms with Crippen molar-refractivity contribution in [3.63, 3.8) is 0 Å². The normalized spacial score (nSPS) is 10.1. The van der Waals surface area contributed by atoms with E-state index in [4.69, 9.17) is 10.5 Å². The molecule has 0 saturated heterocycles. The summed E-state index contributed by atoms with van der Waals surface area (Å²) in [6.45, 7) is 6.10. The Morgan fingerprint density at radius 2 is 1.93 bits per heavy atom. The van der Waals surface area contributed by atoms with E-state index in [0.717, 1.165) is 32.5 Å². The lowest BCUT2D eigenvalue weighted by Gasteiger charge is -2.04. The fourth-order valence-electron chi connectivity index (χ4n) is 0.964. The maximum atomic E-state index is 10.3. The van der Waals surface area contributed by atoms with Crippen LogP contribution < -0.4 is 16.4 Å². The van der Waals surface area contributed by atoms with Gasteiger partial charge in [0.15, 0.2) is 0 Å². The number of ether oxygens (including phenoxy) is 1. The summed E-state index contributed by atoms with van der Waals surface area (Å²) in [6.07, 6.45) is 1.83. The van der Waals surface area contributed by atoms with Gasteiger partial charge >= 0.3 is 6.03 Å². The first-order valence-corrected chi connectivity index (χ1v) is 5.09. The lowest BCUT2D eigenvalue weighted by molar-refractivity contribution is 0.129. The molecule has 0 fully saturated rings. The minimum Gasteiger partial charge on any atom is -0.381 e. The average Bonchev–Trinajstić information content (AvgIpc) is 2.15. The standard InChI is InChI=1S/C9H21N3O2/c1-2-11-5-3-7-14-8-4-6-12-9(10)13/h11H,2-8H2,1H3,(H3,10,12,13). The zero-order chi connectivity index (χ0) is 10.6. The van der Waals surface area contributed by atoms with Crippen molar-refractivity contribution in [1.82, 2.24) is 10.6 Å². The van der Waals surface area contributed by atoms with E-state index < -0.39 is 6.03 Å². The van der Waals surface area contributed by atoms with Crippen molar-refractivity contribution in [1.29, 1.82) is 0 Å². The zero-order valence-corrected chi connectivity index (χ0v) is 8.84. The third kappa shape index (κ3) is 11.2. The molecule has 0 aromatic heterocycles. The van der Waals surface area contributed by atoms with Crippen molar-refractivity contribution in [2.24, 2.45) is 5.73 Å². The van der Waals surface area contributed by atoms with Crippen molar-refractivity contribution >= 4 is 6.03 Å². The second kappa shape index (κ2) is 10.3. The smallest absolute Gasteiger partial charge is 0.312 e. The lowest BCUT2D eigenvalue weighted by Crippen LogP contribution is -2.30. The minimum absolute atomic E-state index is 0.475. The van der Waals surface area contributed by atoms with E-state index in [0.29, 0.717) is 13.2 Å². The summed E-state index contributed by atoms with van der Waals surface area (Å²) in [7, 11) is 0. The Labute approximate surface area is 85.4 Å². The van der Waals surface area contributed by atoms with Crippen LogP contribution in [0.2, 0.25) is 0 Å². The molecule has 0 aromatic carbocycles. The third-order valence-electron chi connectivity index (χ3n) is 1.66. The van der Waals surface area contributed by atoms with Crippen LogP contribution in [0.1, 0.15) is 19.8 Å². The van der Waals surface area contributed by atoms with E-state index in [1.165, 1.54) is 0 Å². The summed E-state index contributed by atoms with van der Waals surface area (Å²) in [5.41, 5.74) is 4.89. The first-order chi connectivity index (χ1) is 6.77. The van der Waals surface area contributed by atoms with Crippen LogP contribution in [0.25, 0.3) is 0 Å². The molecular weight excluding hydrogens is 182 g/mol. The Morgan fingerprint density at radius 1 is 1.29 bits per heavy atom. The number of rotatable bonds is 9. The van der Waals surface area contributed by atoms with Crippen LogP contribution in [0.3, 0.4) is 0 Å². The molecule has 0 aliphatic rings. The van der Waals surface area contributed by atoms with Crippen LogP contribution in [0.15, 0.2) is 0 Å². The Hall–Kier alpha value is -0.810. The van der Waals surface area contributed by atoms with Crippen LogP contribution in [0.5, 0.6) is 0 Å². The minimum atomic E-state index is -0.475. The number of carbonyl (C=O) groups excluding carboxylic acids is 1. The highest BCUT2D eigenvalue weighted by Crippen LogP contribution is 1.84. The number of nitrogens with one attached hydrogen (secondary N) is 2. The monoisotopic (exact) mass is 203 g/mol. The Kier molecular flexibility index (Phi) is 9.68. The number of primary amides is 1. The highest BCUT2D eigenvalue weighted by atomic mass is 16.5. The molecule has 2 amide bonds. The summed E-state index contributed by atoms with van der Waals surface area (Å²) in [6, 6.07) is -0.475. The quantitative estimate of drug-likeness (QED) is 0.464. The van der Waals surface area contributed by atoms with Gasteiger partial charge in [-0.15, -0.1) is 0 Å². The van der Waals surface area contributed by atoms with Gasteiger partial charge in [0.25, 0.3) is 0 Å². The fraction of sp³-hybridized carbons (Fsp3) is 0.889. The van der Waals surface area contributed by atoms with Crippen LogP contribution in [0.4, 0.5) is 4.79 Å². The molecule has 0 radical (unpaired) electrons. The maximum absolute atomic E-state index is 10.3. The molecule has 0 unspecified atom stereocenters. The van der Waals surface area contributed by atoms with E-state index >= 15 is 0 Å². The van der Waals surface area contributed by atoms with E-state index in [1.54, 1.807) is 0 Å². The van der Waals surface area contributed by atoms with Gasteiger partial charge < -0.3 is 21.1 Å². The van der Waals surface area contributed by atoms with E-state index in [-0.39, 0.29) is 0 Å². The fourth-order valence-corrected chi connectivity index (χ4v) is 0.964. The highest BCUT2D eigenvalue weighted by molar-refractivity contribution is 5.71. The van der Waals surface area contributed by atoms with Gasteiger partial charge in [0.05, 0.1) is 0 Å². The molecule has 14 heavy (non-hydrogen) atoms. The number of hydrogen-bond donors (Lipinski definition) is 3. The summed E-state index contributed by atoms with van der Waals surface area (Å²) in [4.78, 5) is 10.3. The van der Waals surface area contributed by atoms with Crippen molar-refractivity contribution in [3.05, 3.63) is 0 Å². The number of hydrogen-bond acceptors (Lipinski definition) is 3. The van der Waals surface area contributed by atoms with Gasteiger partial charge in [-0.25, -0.2) is 4.79 Å². The van der Waals surface area contributed by atoms with Crippen LogP contribution in [0, 0.1) is 0 Å². The highest BCUT2D eigenvalue weighted by Gasteiger charge is 1.92. The van der Waals surface area contributed by atoms with E-state index in [2.05, 4.69) is 17.6 Å². The molecule has 0 bridgehead atoms. The average molecular weight is 203 g/mol. The lowest BCUT2D eigenvalue weighted by atomic mass is 10.4. The molecule has 0 aromatic rings. The van der Waals surface area contributed by atoms with Crippen molar-refractivity contribution < 1.29 is 9.53 Å². The zero-order valence-electron chi connectivity index (χ0n) is 8.84. The predicted octanol–water partition coefficient (Wildman–Crippen LogP) is 0.0610. The van der Waals surface area contributed by atoms with Gasteiger partial charge in [-0.1, -0.05) is 6.92 Å². The van der Waals surface area contributed by atoms with Gasteiger partial charge in [-0.05, 0) is 25.9 Å². The molecule has 0 aliphatic heterocycles. The Bertz CT molecular complexity index is 142. The SMILES string of the molecule is CCNCCCOCCCNC(N)=O. The number of carbonyl (C=O) groups is 1. The summed E-state index contributed by atoms with van der Waals surface area (Å²) < 4.78 is 5.33. The van der Waals surface area contributed by atoms with Crippen molar-refractivity contribution in [2.75, 3.05) is 32.8 Å². The Morgan fingerprint density at radius 3 is 2.50 bits per heavy atom. The number of nitrogens with two attached hydrogens (primary N) is 1. The van der Waals surface area contributed by atoms with Crippen LogP contribution in [-0.4, -0.2) is 38.9 Å². The molecule has 0 spiro atoms. The van der Waals surface area contributed by atoms with Crippen molar-refractivity contribution in [3.8, 4) is 0 Å². The van der Waals surface area contributed by atoms with Gasteiger partial charge in [0.1, 0.15) is 0 Å². The number of amides is 2.